The van der Waals surface area contributed by atoms with E-state index in [0.717, 1.165) is 23.1 Å². The summed E-state index contributed by atoms with van der Waals surface area (Å²) in [6, 6.07) is 0. The molecule has 4 nitrogen and oxygen atoms in total. The van der Waals surface area contributed by atoms with Crippen molar-refractivity contribution in [1.82, 2.24) is 9.78 Å². The van der Waals surface area contributed by atoms with Crippen molar-refractivity contribution in [2.24, 2.45) is 0 Å². The smallest absolute Gasteiger partial charge is 0.112 e. The van der Waals surface area contributed by atoms with E-state index in [-0.39, 0.29) is 12.2 Å². The van der Waals surface area contributed by atoms with Gasteiger partial charge in [0.1, 0.15) is 5.60 Å². The van der Waals surface area contributed by atoms with Crippen LogP contribution < -0.4 is 0 Å². The third-order valence-electron chi connectivity index (χ3n) is 3.39. The van der Waals surface area contributed by atoms with Crippen molar-refractivity contribution < 1.29 is 9.84 Å². The minimum absolute atomic E-state index is 0.0654. The molecular weight excluding hydrogens is 296 g/mol. The summed E-state index contributed by atoms with van der Waals surface area (Å²) in [5.74, 6) is 0. The van der Waals surface area contributed by atoms with Crippen molar-refractivity contribution in [3.63, 3.8) is 0 Å². The largest absolute Gasteiger partial charge is 0.383 e. The van der Waals surface area contributed by atoms with Crippen LogP contribution in [-0.2, 0) is 16.9 Å². The monoisotopic (exact) mass is 316 g/mol. The van der Waals surface area contributed by atoms with Crippen LogP contribution in [0.4, 0.5) is 0 Å². The summed E-state index contributed by atoms with van der Waals surface area (Å²) >= 11 is 3.51. The number of hydrogen-bond acceptors (Lipinski definition) is 3. The third-order valence-corrected chi connectivity index (χ3v) is 3.97. The van der Waals surface area contributed by atoms with Gasteiger partial charge in [-0.15, -0.1) is 0 Å². The average molecular weight is 317 g/mol. The quantitative estimate of drug-likeness (QED) is 0.932. The van der Waals surface area contributed by atoms with Crippen LogP contribution in [0.5, 0.6) is 0 Å². The van der Waals surface area contributed by atoms with E-state index in [1.165, 1.54) is 0 Å². The molecule has 0 amide bonds. The number of ether oxygens (including phenoxy) is 1. The second-order valence-electron chi connectivity index (χ2n) is 5.26. The molecule has 0 aliphatic carbocycles. The molecule has 0 spiro atoms. The van der Waals surface area contributed by atoms with Crippen LogP contribution in [0.2, 0.25) is 0 Å². The van der Waals surface area contributed by atoms with Crippen LogP contribution in [0, 0.1) is 0 Å². The molecule has 2 unspecified atom stereocenters. The van der Waals surface area contributed by atoms with Crippen molar-refractivity contribution in [2.45, 2.75) is 64.4 Å². The van der Waals surface area contributed by atoms with E-state index in [1.54, 1.807) is 6.20 Å². The van der Waals surface area contributed by atoms with Gasteiger partial charge in [-0.05, 0) is 36.2 Å². The lowest BCUT2D eigenvalue weighted by molar-refractivity contribution is -0.139. The summed E-state index contributed by atoms with van der Waals surface area (Å²) in [7, 11) is 0. The SMILES string of the molecule is CCCn1ncc(Br)c1C1(O)CC(C)OC(C)C1. The molecule has 1 fully saturated rings. The van der Waals surface area contributed by atoms with Gasteiger partial charge in [-0.25, -0.2) is 0 Å². The van der Waals surface area contributed by atoms with Crippen LogP contribution in [0.25, 0.3) is 0 Å². The van der Waals surface area contributed by atoms with Crippen molar-refractivity contribution in [1.29, 1.82) is 0 Å². The van der Waals surface area contributed by atoms with Crippen molar-refractivity contribution in [2.75, 3.05) is 0 Å². The molecule has 102 valence electrons. The minimum atomic E-state index is -0.846. The molecule has 2 heterocycles. The summed E-state index contributed by atoms with van der Waals surface area (Å²) in [4.78, 5) is 0. The number of aliphatic hydroxyl groups is 1. The molecule has 0 radical (unpaired) electrons. The Hall–Kier alpha value is -0.390. The number of hydrogen-bond donors (Lipinski definition) is 1. The Morgan fingerprint density at radius 1 is 1.50 bits per heavy atom. The van der Waals surface area contributed by atoms with Crippen LogP contribution in [0.15, 0.2) is 10.7 Å². The maximum Gasteiger partial charge on any atom is 0.112 e. The summed E-state index contributed by atoms with van der Waals surface area (Å²) in [6.07, 6.45) is 4.13. The van der Waals surface area contributed by atoms with E-state index in [4.69, 9.17) is 4.74 Å². The highest BCUT2D eigenvalue weighted by Crippen LogP contribution is 2.40. The fraction of sp³-hybridized carbons (Fsp3) is 0.769. The molecule has 1 N–H and O–H groups in total. The zero-order valence-electron chi connectivity index (χ0n) is 11.2. The molecule has 1 aromatic heterocycles. The first-order chi connectivity index (χ1) is 8.46. The van der Waals surface area contributed by atoms with Gasteiger partial charge >= 0.3 is 0 Å². The Morgan fingerprint density at radius 3 is 2.67 bits per heavy atom. The Labute approximate surface area is 116 Å². The summed E-state index contributed by atoms with van der Waals surface area (Å²) in [6.45, 7) is 6.95. The van der Waals surface area contributed by atoms with Crippen LogP contribution in [0.1, 0.15) is 45.7 Å². The highest BCUT2D eigenvalue weighted by Gasteiger charge is 2.41. The minimum Gasteiger partial charge on any atom is -0.383 e. The maximum absolute atomic E-state index is 11.0. The average Bonchev–Trinajstić information content (AvgIpc) is 2.58. The number of halogens is 1. The van der Waals surface area contributed by atoms with Gasteiger partial charge in [0.2, 0.25) is 0 Å². The highest BCUT2D eigenvalue weighted by atomic mass is 79.9. The lowest BCUT2D eigenvalue weighted by Gasteiger charge is -2.39. The van der Waals surface area contributed by atoms with Gasteiger partial charge in [-0.1, -0.05) is 6.92 Å². The molecular formula is C13H21BrN2O2. The molecule has 2 rings (SSSR count). The molecule has 0 aromatic carbocycles. The normalized spacial score (nSPS) is 32.7. The van der Waals surface area contributed by atoms with E-state index >= 15 is 0 Å². The first kappa shape index (κ1) is 14.0. The highest BCUT2D eigenvalue weighted by molar-refractivity contribution is 9.10. The fourth-order valence-corrected chi connectivity index (χ4v) is 3.59. The van der Waals surface area contributed by atoms with Gasteiger partial charge in [-0.3, -0.25) is 4.68 Å². The predicted octanol–water partition coefficient (Wildman–Crippen LogP) is 2.83. The van der Waals surface area contributed by atoms with Gasteiger partial charge in [0, 0.05) is 19.4 Å². The van der Waals surface area contributed by atoms with Crippen LogP contribution in [0.3, 0.4) is 0 Å². The first-order valence-electron chi connectivity index (χ1n) is 6.56. The first-order valence-corrected chi connectivity index (χ1v) is 7.35. The van der Waals surface area contributed by atoms with E-state index in [1.807, 2.05) is 18.5 Å². The molecule has 0 bridgehead atoms. The molecule has 1 aliphatic rings. The number of aromatic nitrogens is 2. The molecule has 1 saturated heterocycles. The summed E-state index contributed by atoms with van der Waals surface area (Å²) < 4.78 is 8.51. The third kappa shape index (κ3) is 2.63. The number of rotatable bonds is 3. The predicted molar refractivity (Wildman–Crippen MR) is 73.4 cm³/mol. The van der Waals surface area contributed by atoms with Crippen molar-refractivity contribution in [3.05, 3.63) is 16.4 Å². The van der Waals surface area contributed by atoms with Gasteiger partial charge in [0.05, 0.1) is 28.6 Å². The lowest BCUT2D eigenvalue weighted by Crippen LogP contribution is -2.42. The molecule has 1 aromatic rings. The van der Waals surface area contributed by atoms with Gasteiger partial charge in [0.15, 0.2) is 0 Å². The Kier molecular flexibility index (Phi) is 4.14. The second-order valence-corrected chi connectivity index (χ2v) is 6.12. The van der Waals surface area contributed by atoms with Gasteiger partial charge < -0.3 is 9.84 Å². The van der Waals surface area contributed by atoms with E-state index < -0.39 is 5.60 Å². The molecule has 1 aliphatic heterocycles. The van der Waals surface area contributed by atoms with Crippen LogP contribution >= 0.6 is 15.9 Å². The number of nitrogens with zero attached hydrogens (tertiary/aromatic N) is 2. The maximum atomic E-state index is 11.0. The topological polar surface area (TPSA) is 47.3 Å². The van der Waals surface area contributed by atoms with Gasteiger partial charge in [-0.2, -0.15) is 5.10 Å². The zero-order valence-corrected chi connectivity index (χ0v) is 12.8. The zero-order chi connectivity index (χ0) is 13.3. The fourth-order valence-electron chi connectivity index (χ4n) is 2.93. The summed E-state index contributed by atoms with van der Waals surface area (Å²) in [5.41, 5.74) is 0.0491. The molecule has 0 saturated carbocycles. The number of aryl methyl sites for hydroxylation is 1. The molecule has 5 heteroatoms. The van der Waals surface area contributed by atoms with E-state index in [9.17, 15) is 5.11 Å². The molecule has 18 heavy (non-hydrogen) atoms. The molecule has 2 atom stereocenters. The standard InChI is InChI=1S/C13H21BrN2O2/c1-4-5-16-12(11(14)8-15-16)13(17)6-9(2)18-10(3)7-13/h8-10,17H,4-7H2,1-3H3. The Balaban J connectivity index is 2.36. The van der Waals surface area contributed by atoms with Crippen LogP contribution in [-0.4, -0.2) is 27.1 Å². The Bertz CT molecular complexity index is 409. The Morgan fingerprint density at radius 2 is 2.11 bits per heavy atom. The van der Waals surface area contributed by atoms with Crippen molar-refractivity contribution >= 4 is 15.9 Å². The van der Waals surface area contributed by atoms with E-state index in [2.05, 4.69) is 28.0 Å². The second kappa shape index (κ2) is 5.31. The van der Waals surface area contributed by atoms with Crippen molar-refractivity contribution in [3.8, 4) is 0 Å². The van der Waals surface area contributed by atoms with Gasteiger partial charge in [0.25, 0.3) is 0 Å². The van der Waals surface area contributed by atoms with E-state index in [0.29, 0.717) is 12.8 Å². The lowest BCUT2D eigenvalue weighted by atomic mass is 9.85. The summed E-state index contributed by atoms with van der Waals surface area (Å²) in [5, 5.41) is 15.3.